The summed E-state index contributed by atoms with van der Waals surface area (Å²) in [5, 5.41) is 0. The van der Waals surface area contributed by atoms with Gasteiger partial charge in [0.15, 0.2) is 0 Å². The lowest BCUT2D eigenvalue weighted by molar-refractivity contribution is 0.273. The number of ether oxygens (including phenoxy) is 1. The van der Waals surface area contributed by atoms with Crippen molar-refractivity contribution in [1.82, 2.24) is 0 Å². The molecular formula is C15H19NO2. The van der Waals surface area contributed by atoms with Gasteiger partial charge in [-0.2, -0.15) is 0 Å². The maximum Gasteiger partial charge on any atom is 0.123 e. The van der Waals surface area contributed by atoms with Crippen LogP contribution in [0.5, 0.6) is 5.75 Å². The molecule has 18 heavy (non-hydrogen) atoms. The van der Waals surface area contributed by atoms with Crippen molar-refractivity contribution in [3.63, 3.8) is 0 Å². The van der Waals surface area contributed by atoms with Gasteiger partial charge in [0.2, 0.25) is 0 Å². The zero-order chi connectivity index (χ0) is 13.0. The van der Waals surface area contributed by atoms with Gasteiger partial charge in [-0.05, 0) is 35.7 Å². The summed E-state index contributed by atoms with van der Waals surface area (Å²) < 4.78 is 10.9. The van der Waals surface area contributed by atoms with Crippen LogP contribution in [-0.2, 0) is 0 Å². The van der Waals surface area contributed by atoms with E-state index in [4.69, 9.17) is 14.9 Å². The van der Waals surface area contributed by atoms with Gasteiger partial charge in [0, 0.05) is 0 Å². The third-order valence-corrected chi connectivity index (χ3v) is 2.88. The second-order valence-electron chi connectivity index (χ2n) is 4.66. The van der Waals surface area contributed by atoms with Gasteiger partial charge in [0.25, 0.3) is 0 Å². The van der Waals surface area contributed by atoms with Gasteiger partial charge in [0.05, 0.1) is 12.3 Å². The molecule has 0 saturated heterocycles. The second kappa shape index (κ2) is 5.74. The highest BCUT2D eigenvalue weighted by Crippen LogP contribution is 2.19. The van der Waals surface area contributed by atoms with E-state index in [0.717, 1.165) is 11.5 Å². The Bertz CT molecular complexity index is 460. The van der Waals surface area contributed by atoms with Crippen LogP contribution in [0, 0.1) is 0 Å². The fraction of sp³-hybridized carbons (Fsp3) is 0.333. The minimum Gasteiger partial charge on any atom is -0.491 e. The molecule has 0 spiro atoms. The van der Waals surface area contributed by atoms with Gasteiger partial charge >= 0.3 is 0 Å². The number of hydrogen-bond donors (Lipinski definition) is 1. The number of hydrogen-bond acceptors (Lipinski definition) is 3. The number of benzene rings is 1. The highest BCUT2D eigenvalue weighted by atomic mass is 16.5. The van der Waals surface area contributed by atoms with Crippen LogP contribution in [0.25, 0.3) is 0 Å². The molecule has 0 bridgehead atoms. The molecule has 96 valence electrons. The number of nitrogens with two attached hydrogens (primary N) is 1. The van der Waals surface area contributed by atoms with Gasteiger partial charge < -0.3 is 14.9 Å². The molecule has 2 aromatic rings. The maximum atomic E-state index is 5.95. The molecule has 1 aromatic carbocycles. The molecule has 1 unspecified atom stereocenters. The molecule has 0 aliphatic heterocycles. The van der Waals surface area contributed by atoms with E-state index < -0.39 is 0 Å². The van der Waals surface area contributed by atoms with Crippen molar-refractivity contribution >= 4 is 0 Å². The quantitative estimate of drug-likeness (QED) is 0.877. The first-order valence-corrected chi connectivity index (χ1v) is 6.18. The summed E-state index contributed by atoms with van der Waals surface area (Å²) >= 11 is 0. The molecule has 2 rings (SSSR count). The van der Waals surface area contributed by atoms with Gasteiger partial charge in [-0.1, -0.05) is 26.0 Å². The summed E-state index contributed by atoms with van der Waals surface area (Å²) in [5.74, 6) is 2.11. The SMILES string of the molecule is CC(C)c1ccc(OCC(N)c2ccco2)cc1. The molecule has 1 atom stereocenters. The van der Waals surface area contributed by atoms with Crippen LogP contribution < -0.4 is 10.5 Å². The fourth-order valence-corrected chi connectivity index (χ4v) is 1.72. The normalized spacial score (nSPS) is 12.7. The topological polar surface area (TPSA) is 48.4 Å². The lowest BCUT2D eigenvalue weighted by Gasteiger charge is -2.12. The Balaban J connectivity index is 1.90. The van der Waals surface area contributed by atoms with Gasteiger partial charge in [0.1, 0.15) is 18.1 Å². The molecule has 0 aliphatic rings. The fourth-order valence-electron chi connectivity index (χ4n) is 1.72. The maximum absolute atomic E-state index is 5.95. The summed E-state index contributed by atoms with van der Waals surface area (Å²) in [5.41, 5.74) is 7.25. The van der Waals surface area contributed by atoms with Crippen molar-refractivity contribution in [1.29, 1.82) is 0 Å². The Labute approximate surface area is 108 Å². The molecule has 0 amide bonds. The van der Waals surface area contributed by atoms with E-state index in [1.807, 2.05) is 24.3 Å². The van der Waals surface area contributed by atoms with Gasteiger partial charge in [-0.25, -0.2) is 0 Å². The molecule has 3 heteroatoms. The van der Waals surface area contributed by atoms with Gasteiger partial charge in [-0.15, -0.1) is 0 Å². The van der Waals surface area contributed by atoms with Crippen molar-refractivity contribution in [2.45, 2.75) is 25.8 Å². The van der Waals surface area contributed by atoms with E-state index in [2.05, 4.69) is 26.0 Å². The van der Waals surface area contributed by atoms with Crippen LogP contribution in [0.1, 0.15) is 37.1 Å². The molecule has 0 radical (unpaired) electrons. The summed E-state index contributed by atoms with van der Waals surface area (Å²) in [7, 11) is 0. The zero-order valence-corrected chi connectivity index (χ0v) is 10.8. The first-order chi connectivity index (χ1) is 8.66. The van der Waals surface area contributed by atoms with Crippen LogP contribution in [0.3, 0.4) is 0 Å². The minimum absolute atomic E-state index is 0.232. The highest BCUT2D eigenvalue weighted by molar-refractivity contribution is 5.29. The van der Waals surface area contributed by atoms with Crippen molar-refractivity contribution in [2.24, 2.45) is 5.73 Å². The minimum atomic E-state index is -0.232. The molecule has 0 fully saturated rings. The predicted octanol–water partition coefficient (Wildman–Crippen LogP) is 3.48. The van der Waals surface area contributed by atoms with Gasteiger partial charge in [-0.3, -0.25) is 0 Å². The van der Waals surface area contributed by atoms with Crippen LogP contribution in [0.15, 0.2) is 47.1 Å². The lowest BCUT2D eigenvalue weighted by Crippen LogP contribution is -2.18. The summed E-state index contributed by atoms with van der Waals surface area (Å²) in [4.78, 5) is 0. The number of rotatable bonds is 5. The van der Waals surface area contributed by atoms with Crippen LogP contribution >= 0.6 is 0 Å². The Morgan fingerprint density at radius 3 is 2.44 bits per heavy atom. The summed E-state index contributed by atoms with van der Waals surface area (Å²) in [6, 6.07) is 11.6. The molecule has 1 heterocycles. The molecule has 3 nitrogen and oxygen atoms in total. The van der Waals surface area contributed by atoms with Crippen LogP contribution in [0.4, 0.5) is 0 Å². The summed E-state index contributed by atoms with van der Waals surface area (Å²) in [6.45, 7) is 4.75. The van der Waals surface area contributed by atoms with Crippen molar-refractivity contribution in [3.05, 3.63) is 54.0 Å². The van der Waals surface area contributed by atoms with Crippen molar-refractivity contribution in [3.8, 4) is 5.75 Å². The monoisotopic (exact) mass is 245 g/mol. The highest BCUT2D eigenvalue weighted by Gasteiger charge is 2.09. The Morgan fingerprint density at radius 2 is 1.89 bits per heavy atom. The second-order valence-corrected chi connectivity index (χ2v) is 4.66. The Morgan fingerprint density at radius 1 is 1.17 bits per heavy atom. The molecule has 1 aromatic heterocycles. The Hall–Kier alpha value is -1.74. The van der Waals surface area contributed by atoms with Crippen LogP contribution in [-0.4, -0.2) is 6.61 Å². The molecule has 0 aliphatic carbocycles. The first kappa shape index (κ1) is 12.7. The zero-order valence-electron chi connectivity index (χ0n) is 10.8. The molecule has 2 N–H and O–H groups in total. The van der Waals surface area contributed by atoms with E-state index in [-0.39, 0.29) is 6.04 Å². The summed E-state index contributed by atoms with van der Waals surface area (Å²) in [6.07, 6.45) is 1.62. The average molecular weight is 245 g/mol. The number of furan rings is 1. The van der Waals surface area contributed by atoms with E-state index in [1.165, 1.54) is 5.56 Å². The van der Waals surface area contributed by atoms with Crippen molar-refractivity contribution < 1.29 is 9.15 Å². The standard InChI is InChI=1S/C15H19NO2/c1-11(2)12-5-7-13(8-6-12)18-10-14(16)15-4-3-9-17-15/h3-9,11,14H,10,16H2,1-2H3. The molecular weight excluding hydrogens is 226 g/mol. The largest absolute Gasteiger partial charge is 0.491 e. The average Bonchev–Trinajstić information content (AvgIpc) is 2.90. The van der Waals surface area contributed by atoms with E-state index >= 15 is 0 Å². The van der Waals surface area contributed by atoms with Crippen LogP contribution in [0.2, 0.25) is 0 Å². The Kier molecular flexibility index (Phi) is 4.05. The molecule has 0 saturated carbocycles. The van der Waals surface area contributed by atoms with E-state index in [9.17, 15) is 0 Å². The first-order valence-electron chi connectivity index (χ1n) is 6.18. The third-order valence-electron chi connectivity index (χ3n) is 2.88. The van der Waals surface area contributed by atoms with E-state index in [0.29, 0.717) is 12.5 Å². The smallest absolute Gasteiger partial charge is 0.123 e. The lowest BCUT2D eigenvalue weighted by atomic mass is 10.0. The van der Waals surface area contributed by atoms with Crippen molar-refractivity contribution in [2.75, 3.05) is 6.61 Å². The predicted molar refractivity (Wildman–Crippen MR) is 71.7 cm³/mol. The third kappa shape index (κ3) is 3.14. The van der Waals surface area contributed by atoms with E-state index in [1.54, 1.807) is 6.26 Å².